The summed E-state index contributed by atoms with van der Waals surface area (Å²) in [6.45, 7) is 6.47. The second-order valence-electron chi connectivity index (χ2n) is 7.49. The number of amides is 1. The number of fused-ring (bicyclic) bond motifs is 1. The van der Waals surface area contributed by atoms with Crippen LogP contribution in [0.15, 0.2) is 28.5 Å². The van der Waals surface area contributed by atoms with Crippen molar-refractivity contribution in [1.82, 2.24) is 20.6 Å². The fraction of sp³-hybridized carbons (Fsp3) is 0.381. The van der Waals surface area contributed by atoms with Crippen LogP contribution in [0.1, 0.15) is 30.7 Å². The van der Waals surface area contributed by atoms with Crippen molar-refractivity contribution in [2.45, 2.75) is 39.3 Å². The first-order chi connectivity index (χ1) is 14.5. The van der Waals surface area contributed by atoms with Gasteiger partial charge in [-0.05, 0) is 30.7 Å². The summed E-state index contributed by atoms with van der Waals surface area (Å²) in [4.78, 5) is 33.4. The number of carbonyl (C=O) groups is 1. The number of aromatic amines is 1. The van der Waals surface area contributed by atoms with E-state index in [0.717, 1.165) is 35.1 Å². The Balaban J connectivity index is 1.64. The van der Waals surface area contributed by atoms with Gasteiger partial charge in [-0.15, -0.1) is 22.7 Å². The van der Waals surface area contributed by atoms with E-state index >= 15 is 0 Å². The van der Waals surface area contributed by atoms with E-state index in [2.05, 4.69) is 34.8 Å². The van der Waals surface area contributed by atoms with Crippen LogP contribution < -0.4 is 21.5 Å². The highest BCUT2D eigenvalue weighted by atomic mass is 32.1. The zero-order chi connectivity index (χ0) is 21.1. The van der Waals surface area contributed by atoms with Gasteiger partial charge in [0.05, 0.1) is 11.3 Å². The molecule has 1 aliphatic rings. The Bertz CT molecular complexity index is 1100. The minimum atomic E-state index is -0.155. The molecule has 1 amide bonds. The Kier molecular flexibility index (Phi) is 6.43. The Labute approximate surface area is 183 Å². The number of pyridine rings is 1. The summed E-state index contributed by atoms with van der Waals surface area (Å²) in [6, 6.07) is 3.92. The van der Waals surface area contributed by atoms with Crippen molar-refractivity contribution < 1.29 is 4.79 Å². The molecule has 0 atom stereocenters. The summed E-state index contributed by atoms with van der Waals surface area (Å²) in [6.07, 6.45) is 2.93. The van der Waals surface area contributed by atoms with Crippen LogP contribution in [0.5, 0.6) is 0 Å². The molecular weight excluding hydrogens is 418 g/mol. The van der Waals surface area contributed by atoms with Crippen LogP contribution in [0.2, 0.25) is 0 Å². The molecular formula is C21H25N5O2S2. The lowest BCUT2D eigenvalue weighted by atomic mass is 10.0. The topological polar surface area (TPSA) is 98.9 Å². The Morgan fingerprint density at radius 3 is 3.03 bits per heavy atom. The molecule has 0 bridgehead atoms. The SMILES string of the molecule is CC(C)NCCC(=O)Nc1sc2c(c1-c1nc(-c3ccc[nH]c3=O)cs1)CCNC2. The first-order valence-electron chi connectivity index (χ1n) is 10.1. The molecule has 0 aliphatic carbocycles. The molecule has 4 rings (SSSR count). The van der Waals surface area contributed by atoms with Gasteiger partial charge in [-0.25, -0.2) is 4.98 Å². The number of rotatable bonds is 7. The van der Waals surface area contributed by atoms with Crippen LogP contribution in [0.25, 0.3) is 21.8 Å². The molecule has 0 radical (unpaired) electrons. The standard InChI is InChI=1S/C21H25N5O2S2/c1-12(2)23-9-6-17(27)26-21-18(14-5-8-22-10-16(14)30-21)20-25-15(11-29-20)13-4-3-7-24-19(13)28/h3-4,7,11-12,22-23H,5-6,8-10H2,1-2H3,(H,24,28)(H,26,27). The molecule has 9 heteroatoms. The molecule has 0 aromatic carbocycles. The summed E-state index contributed by atoms with van der Waals surface area (Å²) < 4.78 is 0. The van der Waals surface area contributed by atoms with Crippen molar-refractivity contribution in [3.8, 4) is 21.8 Å². The number of thiazole rings is 1. The second-order valence-corrected chi connectivity index (χ2v) is 9.46. The summed E-state index contributed by atoms with van der Waals surface area (Å²) in [5.74, 6) is -0.00719. The van der Waals surface area contributed by atoms with Crippen molar-refractivity contribution in [1.29, 1.82) is 0 Å². The molecule has 3 aromatic rings. The highest BCUT2D eigenvalue weighted by molar-refractivity contribution is 7.18. The van der Waals surface area contributed by atoms with E-state index in [-0.39, 0.29) is 11.5 Å². The number of nitrogens with zero attached hydrogens (tertiary/aromatic N) is 1. The van der Waals surface area contributed by atoms with Gasteiger partial charge >= 0.3 is 0 Å². The van der Waals surface area contributed by atoms with Crippen LogP contribution in [0.3, 0.4) is 0 Å². The van der Waals surface area contributed by atoms with Crippen LogP contribution in [-0.4, -0.2) is 35.0 Å². The average molecular weight is 444 g/mol. The number of thiophene rings is 1. The maximum atomic E-state index is 12.5. The molecule has 0 saturated heterocycles. The quantitative estimate of drug-likeness (QED) is 0.449. The van der Waals surface area contributed by atoms with Crippen molar-refractivity contribution >= 4 is 33.6 Å². The van der Waals surface area contributed by atoms with E-state index in [0.29, 0.717) is 30.3 Å². The van der Waals surface area contributed by atoms with Gasteiger partial charge in [0.1, 0.15) is 10.0 Å². The predicted octanol–water partition coefficient (Wildman–Crippen LogP) is 3.20. The van der Waals surface area contributed by atoms with Gasteiger partial charge in [0.2, 0.25) is 5.91 Å². The molecule has 0 unspecified atom stereocenters. The Hall–Kier alpha value is -2.33. The van der Waals surface area contributed by atoms with Crippen LogP contribution in [0, 0.1) is 0 Å². The lowest BCUT2D eigenvalue weighted by molar-refractivity contribution is -0.116. The Morgan fingerprint density at radius 2 is 2.23 bits per heavy atom. The molecule has 0 saturated carbocycles. The first kappa shape index (κ1) is 20.9. The van der Waals surface area contributed by atoms with Gasteiger partial charge < -0.3 is 20.9 Å². The fourth-order valence-electron chi connectivity index (χ4n) is 3.45. The number of H-pyrrole nitrogens is 1. The largest absolute Gasteiger partial charge is 0.329 e. The number of hydrogen-bond donors (Lipinski definition) is 4. The molecule has 3 aromatic heterocycles. The van der Waals surface area contributed by atoms with Crippen LogP contribution >= 0.6 is 22.7 Å². The second kappa shape index (κ2) is 9.22. The third-order valence-corrected chi connectivity index (χ3v) is 6.91. The zero-order valence-corrected chi connectivity index (χ0v) is 18.6. The minimum Gasteiger partial charge on any atom is -0.329 e. The van der Waals surface area contributed by atoms with Gasteiger partial charge in [-0.1, -0.05) is 13.8 Å². The molecule has 1 aliphatic heterocycles. The monoisotopic (exact) mass is 443 g/mol. The zero-order valence-electron chi connectivity index (χ0n) is 17.0. The molecule has 0 fully saturated rings. The van der Waals surface area contributed by atoms with Gasteiger partial charge in [0.25, 0.3) is 5.56 Å². The van der Waals surface area contributed by atoms with E-state index in [1.54, 1.807) is 29.7 Å². The lowest BCUT2D eigenvalue weighted by Gasteiger charge is -2.13. The van der Waals surface area contributed by atoms with Crippen molar-refractivity contribution in [3.63, 3.8) is 0 Å². The van der Waals surface area contributed by atoms with Gasteiger partial charge in [0, 0.05) is 47.6 Å². The maximum absolute atomic E-state index is 12.5. The van der Waals surface area contributed by atoms with Crippen molar-refractivity contribution in [2.24, 2.45) is 0 Å². The molecule has 4 N–H and O–H groups in total. The van der Waals surface area contributed by atoms with Gasteiger partial charge in [-0.2, -0.15) is 0 Å². The van der Waals surface area contributed by atoms with Gasteiger partial charge in [-0.3, -0.25) is 9.59 Å². The summed E-state index contributed by atoms with van der Waals surface area (Å²) >= 11 is 3.12. The van der Waals surface area contributed by atoms with E-state index in [1.807, 2.05) is 5.38 Å². The smallest absolute Gasteiger partial charge is 0.257 e. The predicted molar refractivity (Wildman–Crippen MR) is 123 cm³/mol. The molecule has 4 heterocycles. The van der Waals surface area contributed by atoms with Crippen molar-refractivity contribution in [3.05, 3.63) is 44.5 Å². The van der Waals surface area contributed by atoms with Crippen LogP contribution in [-0.2, 0) is 17.8 Å². The van der Waals surface area contributed by atoms with Crippen molar-refractivity contribution in [2.75, 3.05) is 18.4 Å². The minimum absolute atomic E-state index is 0.00719. The summed E-state index contributed by atoms with van der Waals surface area (Å²) in [7, 11) is 0. The molecule has 0 spiro atoms. The molecule has 158 valence electrons. The van der Waals surface area contributed by atoms with Crippen LogP contribution in [0.4, 0.5) is 5.00 Å². The lowest BCUT2D eigenvalue weighted by Crippen LogP contribution is -2.27. The number of aromatic nitrogens is 2. The van der Waals surface area contributed by atoms with E-state index in [9.17, 15) is 9.59 Å². The normalized spacial score (nSPS) is 13.4. The first-order valence-corrected chi connectivity index (χ1v) is 11.7. The number of nitrogens with one attached hydrogen (secondary N) is 4. The molecule has 30 heavy (non-hydrogen) atoms. The maximum Gasteiger partial charge on any atom is 0.257 e. The summed E-state index contributed by atoms with van der Waals surface area (Å²) in [5, 5.41) is 13.4. The number of anilines is 1. The third-order valence-electron chi connectivity index (χ3n) is 4.90. The fourth-order valence-corrected chi connectivity index (χ4v) is 5.64. The summed E-state index contributed by atoms with van der Waals surface area (Å²) in [5.41, 5.74) is 3.31. The third kappa shape index (κ3) is 4.54. The van der Waals surface area contributed by atoms with E-state index in [1.165, 1.54) is 21.8 Å². The molecule has 7 nitrogen and oxygen atoms in total. The average Bonchev–Trinajstić information content (AvgIpc) is 3.32. The van der Waals surface area contributed by atoms with Gasteiger partial charge in [0.15, 0.2) is 0 Å². The van der Waals surface area contributed by atoms with E-state index in [4.69, 9.17) is 4.98 Å². The van der Waals surface area contributed by atoms with E-state index < -0.39 is 0 Å². The Morgan fingerprint density at radius 1 is 1.37 bits per heavy atom. The number of carbonyl (C=O) groups excluding carboxylic acids is 1. The highest BCUT2D eigenvalue weighted by Gasteiger charge is 2.25. The number of hydrogen-bond acceptors (Lipinski definition) is 7. The highest BCUT2D eigenvalue weighted by Crippen LogP contribution is 2.44.